The molecule has 20 heavy (non-hydrogen) atoms. The average molecular weight is 289 g/mol. The maximum atomic E-state index is 5.43. The molecule has 1 heterocycles. The summed E-state index contributed by atoms with van der Waals surface area (Å²) in [6.45, 7) is 2.14. The molecule has 0 aliphatic heterocycles. The van der Waals surface area contributed by atoms with Crippen LogP contribution in [0.1, 0.15) is 24.1 Å². The van der Waals surface area contributed by atoms with Gasteiger partial charge in [-0.1, -0.05) is 17.8 Å². The van der Waals surface area contributed by atoms with Gasteiger partial charge in [0.1, 0.15) is 5.75 Å². The fourth-order valence-corrected chi connectivity index (χ4v) is 2.63. The number of nitrogens with one attached hydrogen (secondary N) is 1. The third-order valence-corrected chi connectivity index (χ3v) is 4.06. The number of rotatable bonds is 6. The number of thioether (sulfide) groups is 1. The van der Waals surface area contributed by atoms with Gasteiger partial charge in [0.05, 0.1) is 7.11 Å². The first-order chi connectivity index (χ1) is 9.74. The summed E-state index contributed by atoms with van der Waals surface area (Å²) in [4.78, 5) is 8.44. The van der Waals surface area contributed by atoms with E-state index in [4.69, 9.17) is 4.74 Å². The van der Waals surface area contributed by atoms with E-state index >= 15 is 0 Å². The standard InChI is InChI=1S/C15H19N3OS/c1-11(16-2)12-5-6-14(19-3)13(9-12)10-20-15-17-7-4-8-18-15/h4-9,11,16H,10H2,1-3H3. The minimum absolute atomic E-state index is 0.317. The van der Waals surface area contributed by atoms with Crippen LogP contribution >= 0.6 is 11.8 Å². The first-order valence-electron chi connectivity index (χ1n) is 6.48. The number of ether oxygens (including phenoxy) is 1. The second kappa shape index (κ2) is 7.26. The Labute approximate surface area is 124 Å². The molecular weight excluding hydrogens is 270 g/mol. The quantitative estimate of drug-likeness (QED) is 0.654. The molecule has 0 amide bonds. The van der Waals surface area contributed by atoms with Crippen molar-refractivity contribution in [3.63, 3.8) is 0 Å². The van der Waals surface area contributed by atoms with Crippen LogP contribution in [0.5, 0.6) is 5.75 Å². The van der Waals surface area contributed by atoms with Gasteiger partial charge in [-0.3, -0.25) is 0 Å². The summed E-state index contributed by atoms with van der Waals surface area (Å²) >= 11 is 1.61. The predicted molar refractivity (Wildman–Crippen MR) is 82.1 cm³/mol. The molecule has 0 spiro atoms. The van der Waals surface area contributed by atoms with Crippen molar-refractivity contribution in [3.8, 4) is 5.75 Å². The molecule has 0 bridgehead atoms. The highest BCUT2D eigenvalue weighted by atomic mass is 32.2. The molecule has 0 aliphatic rings. The molecule has 5 heteroatoms. The Morgan fingerprint density at radius 2 is 2.05 bits per heavy atom. The van der Waals surface area contributed by atoms with Crippen LogP contribution in [0.15, 0.2) is 41.8 Å². The van der Waals surface area contributed by atoms with Crippen molar-refractivity contribution < 1.29 is 4.74 Å². The second-order valence-corrected chi connectivity index (χ2v) is 5.34. The van der Waals surface area contributed by atoms with E-state index in [1.165, 1.54) is 5.56 Å². The minimum Gasteiger partial charge on any atom is -0.496 e. The zero-order valence-electron chi connectivity index (χ0n) is 12.0. The van der Waals surface area contributed by atoms with Gasteiger partial charge < -0.3 is 10.1 Å². The summed E-state index contributed by atoms with van der Waals surface area (Å²) in [5.41, 5.74) is 2.41. The van der Waals surface area contributed by atoms with E-state index < -0.39 is 0 Å². The zero-order chi connectivity index (χ0) is 14.4. The van der Waals surface area contributed by atoms with Crippen LogP contribution in [0, 0.1) is 0 Å². The number of methoxy groups -OCH3 is 1. The molecule has 0 radical (unpaired) electrons. The van der Waals surface area contributed by atoms with Crippen LogP contribution in [0.3, 0.4) is 0 Å². The monoisotopic (exact) mass is 289 g/mol. The Bertz CT molecular complexity index is 548. The van der Waals surface area contributed by atoms with Crippen molar-refractivity contribution in [2.24, 2.45) is 0 Å². The van der Waals surface area contributed by atoms with Crippen LogP contribution in [0.2, 0.25) is 0 Å². The molecule has 1 unspecified atom stereocenters. The lowest BCUT2D eigenvalue weighted by molar-refractivity contribution is 0.411. The Kier molecular flexibility index (Phi) is 5.38. The van der Waals surface area contributed by atoms with Crippen LogP contribution in [0.4, 0.5) is 0 Å². The molecule has 1 aromatic heterocycles. The van der Waals surface area contributed by atoms with Gasteiger partial charge in [0.2, 0.25) is 0 Å². The SMILES string of the molecule is CNC(C)c1ccc(OC)c(CSc2ncccn2)c1. The Morgan fingerprint density at radius 3 is 2.70 bits per heavy atom. The number of aromatic nitrogens is 2. The van der Waals surface area contributed by atoms with E-state index in [2.05, 4.69) is 34.3 Å². The van der Waals surface area contributed by atoms with Gasteiger partial charge in [0, 0.05) is 29.8 Å². The molecular formula is C15H19N3OS. The molecule has 0 saturated carbocycles. The van der Waals surface area contributed by atoms with Crippen molar-refractivity contribution in [2.45, 2.75) is 23.9 Å². The molecule has 1 aromatic carbocycles. The highest BCUT2D eigenvalue weighted by molar-refractivity contribution is 7.98. The largest absolute Gasteiger partial charge is 0.496 e. The van der Waals surface area contributed by atoms with Gasteiger partial charge in [-0.05, 0) is 37.7 Å². The van der Waals surface area contributed by atoms with Gasteiger partial charge in [-0.15, -0.1) is 0 Å². The summed E-state index contributed by atoms with van der Waals surface area (Å²) in [7, 11) is 3.66. The van der Waals surface area contributed by atoms with E-state index in [1.54, 1.807) is 31.3 Å². The average Bonchev–Trinajstić information content (AvgIpc) is 2.52. The lowest BCUT2D eigenvalue weighted by Crippen LogP contribution is -2.12. The lowest BCUT2D eigenvalue weighted by Gasteiger charge is -2.14. The number of benzene rings is 1. The number of nitrogens with zero attached hydrogens (tertiary/aromatic N) is 2. The van der Waals surface area contributed by atoms with Crippen LogP contribution < -0.4 is 10.1 Å². The van der Waals surface area contributed by atoms with E-state index in [9.17, 15) is 0 Å². The first-order valence-corrected chi connectivity index (χ1v) is 7.47. The molecule has 1 N–H and O–H groups in total. The van der Waals surface area contributed by atoms with Crippen molar-refractivity contribution in [1.29, 1.82) is 0 Å². The summed E-state index contributed by atoms with van der Waals surface area (Å²) in [6, 6.07) is 8.42. The lowest BCUT2D eigenvalue weighted by atomic mass is 10.1. The number of hydrogen-bond acceptors (Lipinski definition) is 5. The molecule has 0 saturated heterocycles. The zero-order valence-corrected chi connectivity index (χ0v) is 12.8. The Hall–Kier alpha value is -1.59. The maximum Gasteiger partial charge on any atom is 0.187 e. The molecule has 1 atom stereocenters. The molecule has 0 aliphatic carbocycles. The Balaban J connectivity index is 2.16. The first kappa shape index (κ1) is 14.8. The fourth-order valence-electron chi connectivity index (χ4n) is 1.85. The molecule has 106 valence electrons. The summed E-state index contributed by atoms with van der Waals surface area (Å²) < 4.78 is 5.43. The molecule has 2 aromatic rings. The summed E-state index contributed by atoms with van der Waals surface area (Å²) in [5, 5.41) is 4.03. The van der Waals surface area contributed by atoms with Crippen LogP contribution in [-0.2, 0) is 5.75 Å². The van der Waals surface area contributed by atoms with Gasteiger partial charge >= 0.3 is 0 Å². The topological polar surface area (TPSA) is 47.0 Å². The van der Waals surface area contributed by atoms with Crippen LogP contribution in [-0.4, -0.2) is 24.1 Å². The minimum atomic E-state index is 0.317. The normalized spacial score (nSPS) is 12.2. The predicted octanol–water partition coefficient (Wildman–Crippen LogP) is 3.06. The van der Waals surface area contributed by atoms with Gasteiger partial charge in [0.15, 0.2) is 5.16 Å². The smallest absolute Gasteiger partial charge is 0.187 e. The van der Waals surface area contributed by atoms with Crippen molar-refractivity contribution in [1.82, 2.24) is 15.3 Å². The van der Waals surface area contributed by atoms with Gasteiger partial charge in [-0.25, -0.2) is 9.97 Å². The van der Waals surface area contributed by atoms with E-state index in [1.807, 2.05) is 19.2 Å². The highest BCUT2D eigenvalue weighted by Crippen LogP contribution is 2.28. The fraction of sp³-hybridized carbons (Fsp3) is 0.333. The van der Waals surface area contributed by atoms with Crippen molar-refractivity contribution in [2.75, 3.05) is 14.2 Å². The Morgan fingerprint density at radius 1 is 1.30 bits per heavy atom. The maximum absolute atomic E-state index is 5.43. The summed E-state index contributed by atoms with van der Waals surface area (Å²) in [6.07, 6.45) is 3.51. The van der Waals surface area contributed by atoms with Gasteiger partial charge in [0.25, 0.3) is 0 Å². The molecule has 4 nitrogen and oxygen atoms in total. The third kappa shape index (κ3) is 3.71. The van der Waals surface area contributed by atoms with Crippen molar-refractivity contribution >= 4 is 11.8 Å². The van der Waals surface area contributed by atoms with E-state index in [0.29, 0.717) is 6.04 Å². The molecule has 2 rings (SSSR count). The van der Waals surface area contributed by atoms with Gasteiger partial charge in [-0.2, -0.15) is 0 Å². The third-order valence-electron chi connectivity index (χ3n) is 3.14. The molecule has 0 fully saturated rings. The van der Waals surface area contributed by atoms with Crippen molar-refractivity contribution in [3.05, 3.63) is 47.8 Å². The second-order valence-electron chi connectivity index (χ2n) is 4.40. The van der Waals surface area contributed by atoms with E-state index in [-0.39, 0.29) is 0 Å². The van der Waals surface area contributed by atoms with E-state index in [0.717, 1.165) is 22.2 Å². The number of hydrogen-bond donors (Lipinski definition) is 1. The summed E-state index contributed by atoms with van der Waals surface area (Å²) in [5.74, 6) is 1.69. The highest BCUT2D eigenvalue weighted by Gasteiger charge is 2.09. The van der Waals surface area contributed by atoms with Crippen LogP contribution in [0.25, 0.3) is 0 Å².